The number of tetrazole rings is 1. The second-order valence-corrected chi connectivity index (χ2v) is 9.78. The Morgan fingerprint density at radius 2 is 1.75 bits per heavy atom. The number of halogens is 2. The maximum absolute atomic E-state index is 14.2. The predicted octanol–water partition coefficient (Wildman–Crippen LogP) is 6.45. The Morgan fingerprint density at radius 1 is 0.917 bits per heavy atom. The van der Waals surface area contributed by atoms with Crippen molar-refractivity contribution in [2.24, 2.45) is 5.41 Å². The first-order valence-electron chi connectivity index (χ1n) is 11.6. The largest absolute Gasteiger partial charge is 0.487 e. The van der Waals surface area contributed by atoms with Crippen molar-refractivity contribution in [3.63, 3.8) is 0 Å². The van der Waals surface area contributed by atoms with Gasteiger partial charge in [-0.1, -0.05) is 39.0 Å². The molecule has 0 aliphatic heterocycles. The standard InChI is InChI=1S/C28H25F2N5O/c1-28(2,3)26(18-5-4-6-19(29)14-18)24-15-22(10-11-23(24)27-32-34-35-33-27)36-16-21-9-7-17-13-20(30)8-12-25(17)31-21/h4-15,26H,16H2,1-3H3,(H,32,33,34,35). The van der Waals surface area contributed by atoms with Crippen LogP contribution in [0.5, 0.6) is 5.75 Å². The van der Waals surface area contributed by atoms with Crippen molar-refractivity contribution >= 4 is 10.9 Å². The molecule has 2 heterocycles. The Hall–Kier alpha value is -4.20. The molecule has 6 nitrogen and oxygen atoms in total. The third-order valence-electron chi connectivity index (χ3n) is 6.08. The van der Waals surface area contributed by atoms with Gasteiger partial charge in [0.15, 0.2) is 5.82 Å². The van der Waals surface area contributed by atoms with Gasteiger partial charge < -0.3 is 4.74 Å². The van der Waals surface area contributed by atoms with E-state index in [-0.39, 0.29) is 29.6 Å². The zero-order valence-electron chi connectivity index (χ0n) is 20.2. The molecule has 36 heavy (non-hydrogen) atoms. The third-order valence-corrected chi connectivity index (χ3v) is 6.08. The molecule has 0 spiro atoms. The lowest BCUT2D eigenvalue weighted by Crippen LogP contribution is -2.21. The zero-order valence-corrected chi connectivity index (χ0v) is 20.2. The number of fused-ring (bicyclic) bond motifs is 1. The maximum Gasteiger partial charge on any atom is 0.179 e. The Bertz CT molecular complexity index is 1510. The summed E-state index contributed by atoms with van der Waals surface area (Å²) in [5.41, 5.74) is 3.72. The van der Waals surface area contributed by atoms with Gasteiger partial charge in [0, 0.05) is 16.9 Å². The molecule has 0 aliphatic rings. The van der Waals surface area contributed by atoms with E-state index in [1.165, 1.54) is 18.2 Å². The molecule has 0 radical (unpaired) electrons. The maximum atomic E-state index is 14.2. The minimum Gasteiger partial charge on any atom is -0.487 e. The molecule has 0 amide bonds. The molecule has 5 aromatic rings. The van der Waals surface area contributed by atoms with Gasteiger partial charge in [0.1, 0.15) is 24.0 Å². The highest BCUT2D eigenvalue weighted by Crippen LogP contribution is 2.45. The van der Waals surface area contributed by atoms with E-state index in [2.05, 4.69) is 46.4 Å². The van der Waals surface area contributed by atoms with E-state index in [9.17, 15) is 8.78 Å². The van der Waals surface area contributed by atoms with E-state index in [4.69, 9.17) is 4.74 Å². The molecule has 0 saturated heterocycles. The average Bonchev–Trinajstić information content (AvgIpc) is 3.37. The van der Waals surface area contributed by atoms with E-state index >= 15 is 0 Å². The Morgan fingerprint density at radius 3 is 2.50 bits per heavy atom. The lowest BCUT2D eigenvalue weighted by Gasteiger charge is -2.33. The molecule has 0 bridgehead atoms. The van der Waals surface area contributed by atoms with Gasteiger partial charge in [0.25, 0.3) is 0 Å². The van der Waals surface area contributed by atoms with Crippen LogP contribution in [0.15, 0.2) is 72.8 Å². The van der Waals surface area contributed by atoms with Gasteiger partial charge in [-0.15, -0.1) is 5.10 Å². The van der Waals surface area contributed by atoms with E-state index in [0.29, 0.717) is 17.1 Å². The SMILES string of the molecule is CC(C)(C)C(c1cccc(F)c1)c1cc(OCc2ccc3cc(F)ccc3n2)ccc1-c1nnn[nH]1. The van der Waals surface area contributed by atoms with Crippen LogP contribution in [0.3, 0.4) is 0 Å². The number of aromatic nitrogens is 5. The highest BCUT2D eigenvalue weighted by atomic mass is 19.1. The summed E-state index contributed by atoms with van der Waals surface area (Å²) in [6, 6.07) is 20.5. The van der Waals surface area contributed by atoms with Crippen LogP contribution in [0.25, 0.3) is 22.3 Å². The summed E-state index contributed by atoms with van der Waals surface area (Å²) in [4.78, 5) is 4.58. The first-order valence-corrected chi connectivity index (χ1v) is 11.6. The molecule has 5 rings (SSSR count). The van der Waals surface area contributed by atoms with Crippen LogP contribution in [-0.4, -0.2) is 25.6 Å². The van der Waals surface area contributed by atoms with Crippen LogP contribution >= 0.6 is 0 Å². The summed E-state index contributed by atoms with van der Waals surface area (Å²) >= 11 is 0. The summed E-state index contributed by atoms with van der Waals surface area (Å²) in [5, 5.41) is 15.1. The fourth-order valence-electron chi connectivity index (χ4n) is 4.57. The lowest BCUT2D eigenvalue weighted by atomic mass is 9.71. The van der Waals surface area contributed by atoms with Crippen molar-refractivity contribution in [1.29, 1.82) is 0 Å². The molecule has 0 fully saturated rings. The molecule has 182 valence electrons. The third kappa shape index (κ3) is 4.93. The number of pyridine rings is 1. The van der Waals surface area contributed by atoms with Crippen molar-refractivity contribution in [3.8, 4) is 17.1 Å². The first-order chi connectivity index (χ1) is 17.3. The van der Waals surface area contributed by atoms with Crippen LogP contribution < -0.4 is 4.74 Å². The molecule has 0 saturated carbocycles. The quantitative estimate of drug-likeness (QED) is 0.299. The van der Waals surface area contributed by atoms with Gasteiger partial charge in [-0.25, -0.2) is 18.9 Å². The number of benzene rings is 3. The van der Waals surface area contributed by atoms with Crippen molar-refractivity contribution in [3.05, 3.63) is 101 Å². The van der Waals surface area contributed by atoms with Gasteiger partial charge in [-0.05, 0) is 81.6 Å². The number of hydrogen-bond donors (Lipinski definition) is 1. The topological polar surface area (TPSA) is 76.6 Å². The smallest absolute Gasteiger partial charge is 0.179 e. The zero-order chi connectivity index (χ0) is 25.3. The monoisotopic (exact) mass is 485 g/mol. The molecule has 1 atom stereocenters. The second kappa shape index (κ2) is 9.45. The molecule has 0 aliphatic carbocycles. The number of ether oxygens (including phenoxy) is 1. The van der Waals surface area contributed by atoms with Crippen LogP contribution in [-0.2, 0) is 6.61 Å². The van der Waals surface area contributed by atoms with Crippen LogP contribution in [0.2, 0.25) is 0 Å². The normalized spacial score (nSPS) is 12.6. The average molecular weight is 486 g/mol. The number of nitrogens with zero attached hydrogens (tertiary/aromatic N) is 4. The number of hydrogen-bond acceptors (Lipinski definition) is 5. The van der Waals surface area contributed by atoms with Crippen LogP contribution in [0.1, 0.15) is 43.5 Å². The minimum atomic E-state index is -0.297. The van der Waals surface area contributed by atoms with Crippen molar-refractivity contribution in [2.45, 2.75) is 33.3 Å². The first kappa shape index (κ1) is 23.5. The van der Waals surface area contributed by atoms with Gasteiger partial charge in [-0.3, -0.25) is 0 Å². The highest BCUT2D eigenvalue weighted by Gasteiger charge is 2.31. The summed E-state index contributed by atoms with van der Waals surface area (Å²) in [6.45, 7) is 6.57. The molecular weight excluding hydrogens is 460 g/mol. The predicted molar refractivity (Wildman–Crippen MR) is 133 cm³/mol. The molecular formula is C28H25F2N5O. The van der Waals surface area contributed by atoms with Gasteiger partial charge >= 0.3 is 0 Å². The number of nitrogens with one attached hydrogen (secondary N) is 1. The van der Waals surface area contributed by atoms with E-state index < -0.39 is 0 Å². The number of aromatic amines is 1. The summed E-state index contributed by atoms with van der Waals surface area (Å²) in [5.74, 6) is 0.387. The van der Waals surface area contributed by atoms with Crippen molar-refractivity contribution < 1.29 is 13.5 Å². The highest BCUT2D eigenvalue weighted by molar-refractivity contribution is 5.78. The van der Waals surface area contributed by atoms with E-state index in [1.54, 1.807) is 18.2 Å². The van der Waals surface area contributed by atoms with E-state index in [1.807, 2.05) is 36.4 Å². The summed E-state index contributed by atoms with van der Waals surface area (Å²) < 4.78 is 33.8. The minimum absolute atomic E-state index is 0.175. The Kier molecular flexibility index (Phi) is 6.18. The van der Waals surface area contributed by atoms with Crippen molar-refractivity contribution in [2.75, 3.05) is 0 Å². The molecule has 1 unspecified atom stereocenters. The molecule has 1 N–H and O–H groups in total. The van der Waals surface area contributed by atoms with Crippen LogP contribution in [0, 0.1) is 17.0 Å². The lowest BCUT2D eigenvalue weighted by molar-refractivity contribution is 0.300. The Labute approximate surface area is 207 Å². The summed E-state index contributed by atoms with van der Waals surface area (Å²) in [6.07, 6.45) is 0. The fraction of sp³-hybridized carbons (Fsp3) is 0.214. The van der Waals surface area contributed by atoms with Crippen molar-refractivity contribution in [1.82, 2.24) is 25.6 Å². The van der Waals surface area contributed by atoms with Crippen LogP contribution in [0.4, 0.5) is 8.78 Å². The molecule has 8 heteroatoms. The Balaban J connectivity index is 1.52. The van der Waals surface area contributed by atoms with E-state index in [0.717, 1.165) is 27.8 Å². The van der Waals surface area contributed by atoms with Gasteiger partial charge in [0.05, 0.1) is 11.2 Å². The second-order valence-electron chi connectivity index (χ2n) is 9.78. The molecule has 3 aromatic carbocycles. The van der Waals surface area contributed by atoms with Gasteiger partial charge in [-0.2, -0.15) is 0 Å². The fourth-order valence-corrected chi connectivity index (χ4v) is 4.57. The molecule has 2 aromatic heterocycles. The van der Waals surface area contributed by atoms with Gasteiger partial charge in [0.2, 0.25) is 0 Å². The number of rotatable bonds is 6. The summed E-state index contributed by atoms with van der Waals surface area (Å²) in [7, 11) is 0. The number of H-pyrrole nitrogens is 1.